The second-order valence-electron chi connectivity index (χ2n) is 6.06. The maximum Gasteiger partial charge on any atom is 0.154 e. The summed E-state index contributed by atoms with van der Waals surface area (Å²) in [6.45, 7) is 3.66. The van der Waals surface area contributed by atoms with Gasteiger partial charge in [0.05, 0.1) is 11.0 Å². The number of para-hydroxylation sites is 2. The van der Waals surface area contributed by atoms with Gasteiger partial charge in [-0.25, -0.2) is 9.97 Å². The molecule has 1 aromatic carbocycles. The summed E-state index contributed by atoms with van der Waals surface area (Å²) in [7, 11) is 4.03. The minimum absolute atomic E-state index is 0.927. The fourth-order valence-corrected chi connectivity index (χ4v) is 2.90. The number of aromatic nitrogens is 2. The van der Waals surface area contributed by atoms with Gasteiger partial charge in [0.1, 0.15) is 5.69 Å². The lowest BCUT2D eigenvalue weighted by Crippen LogP contribution is -2.19. The molecule has 0 spiro atoms. The van der Waals surface area contributed by atoms with Crippen molar-refractivity contribution in [2.45, 2.75) is 19.3 Å². The Morgan fingerprint density at radius 2 is 1.77 bits per heavy atom. The second-order valence-corrected chi connectivity index (χ2v) is 6.06. The quantitative estimate of drug-likeness (QED) is 0.848. The van der Waals surface area contributed by atoms with E-state index in [-0.39, 0.29) is 0 Å². The molecule has 22 heavy (non-hydrogen) atoms. The molecule has 0 radical (unpaired) electrons. The zero-order valence-electron chi connectivity index (χ0n) is 13.5. The van der Waals surface area contributed by atoms with Gasteiger partial charge in [-0.2, -0.15) is 0 Å². The normalized spacial score (nSPS) is 15.9. The van der Waals surface area contributed by atoms with E-state index in [9.17, 15) is 0 Å². The maximum absolute atomic E-state index is 4.76. The summed E-state index contributed by atoms with van der Waals surface area (Å²) in [4.78, 5) is 14.1. The Kier molecular flexibility index (Phi) is 4.68. The first-order valence-corrected chi connectivity index (χ1v) is 8.07. The highest BCUT2D eigenvalue weighted by Crippen LogP contribution is 2.20. The third kappa shape index (κ3) is 3.45. The van der Waals surface area contributed by atoms with Crippen LogP contribution in [-0.2, 0) is 0 Å². The standard InChI is InChI=1S/C18H24N4/c1-21(2)18-17(11-5-6-12-22-13-7-8-14-22)19-15-9-3-4-10-16(15)20-18/h3-5,9-11H,6-8,12-14H2,1-2H3. The van der Waals surface area contributed by atoms with Gasteiger partial charge in [0.25, 0.3) is 0 Å². The van der Waals surface area contributed by atoms with Crippen LogP contribution in [0.5, 0.6) is 0 Å². The molecule has 4 nitrogen and oxygen atoms in total. The van der Waals surface area contributed by atoms with Gasteiger partial charge in [-0.05, 0) is 50.6 Å². The summed E-state index contributed by atoms with van der Waals surface area (Å²) in [6, 6.07) is 8.04. The van der Waals surface area contributed by atoms with Crippen LogP contribution in [0.15, 0.2) is 30.3 Å². The average Bonchev–Trinajstić information content (AvgIpc) is 3.04. The van der Waals surface area contributed by atoms with Crippen LogP contribution in [0.25, 0.3) is 17.1 Å². The molecular formula is C18H24N4. The highest BCUT2D eigenvalue weighted by Gasteiger charge is 2.10. The Morgan fingerprint density at radius 3 is 2.45 bits per heavy atom. The first-order chi connectivity index (χ1) is 10.7. The summed E-state index contributed by atoms with van der Waals surface area (Å²) in [6.07, 6.45) is 8.12. The van der Waals surface area contributed by atoms with E-state index in [0.717, 1.165) is 35.5 Å². The van der Waals surface area contributed by atoms with E-state index in [0.29, 0.717) is 0 Å². The smallest absolute Gasteiger partial charge is 0.154 e. The topological polar surface area (TPSA) is 32.3 Å². The van der Waals surface area contributed by atoms with Crippen molar-refractivity contribution in [2.75, 3.05) is 38.6 Å². The largest absolute Gasteiger partial charge is 0.361 e. The molecular weight excluding hydrogens is 272 g/mol. The molecule has 2 aromatic rings. The molecule has 0 aliphatic carbocycles. The zero-order valence-corrected chi connectivity index (χ0v) is 13.5. The molecule has 4 heteroatoms. The van der Waals surface area contributed by atoms with Crippen LogP contribution in [0.1, 0.15) is 25.0 Å². The van der Waals surface area contributed by atoms with E-state index in [1.54, 1.807) is 0 Å². The van der Waals surface area contributed by atoms with Crippen molar-refractivity contribution in [1.29, 1.82) is 0 Å². The second kappa shape index (κ2) is 6.88. The summed E-state index contributed by atoms with van der Waals surface area (Å²) in [5, 5.41) is 0. The number of hydrogen-bond acceptors (Lipinski definition) is 4. The third-order valence-corrected chi connectivity index (χ3v) is 4.09. The molecule has 1 aliphatic rings. The van der Waals surface area contributed by atoms with Gasteiger partial charge in [-0.15, -0.1) is 0 Å². The van der Waals surface area contributed by atoms with Gasteiger partial charge < -0.3 is 9.80 Å². The summed E-state index contributed by atoms with van der Waals surface area (Å²) >= 11 is 0. The molecule has 1 aromatic heterocycles. The van der Waals surface area contributed by atoms with Crippen LogP contribution in [-0.4, -0.2) is 48.6 Å². The molecule has 0 N–H and O–H groups in total. The van der Waals surface area contributed by atoms with E-state index in [1.165, 1.54) is 25.9 Å². The SMILES string of the molecule is CN(C)c1nc2ccccc2nc1C=CCCN1CCCC1. The molecule has 0 saturated carbocycles. The highest BCUT2D eigenvalue weighted by atomic mass is 15.2. The number of rotatable bonds is 5. The molecule has 0 unspecified atom stereocenters. The van der Waals surface area contributed by atoms with Gasteiger partial charge in [-0.1, -0.05) is 18.2 Å². The predicted molar refractivity (Wildman–Crippen MR) is 93.2 cm³/mol. The lowest BCUT2D eigenvalue weighted by atomic mass is 10.2. The van der Waals surface area contributed by atoms with E-state index in [2.05, 4.69) is 17.1 Å². The Bertz CT molecular complexity index is 657. The first-order valence-electron chi connectivity index (χ1n) is 8.07. The number of nitrogens with zero attached hydrogens (tertiary/aromatic N) is 4. The Hall–Kier alpha value is -1.94. The van der Waals surface area contributed by atoms with Crippen LogP contribution < -0.4 is 4.90 Å². The van der Waals surface area contributed by atoms with Gasteiger partial charge >= 0.3 is 0 Å². The van der Waals surface area contributed by atoms with Crippen LogP contribution in [0.4, 0.5) is 5.82 Å². The van der Waals surface area contributed by atoms with Gasteiger partial charge in [0, 0.05) is 20.6 Å². The van der Waals surface area contributed by atoms with Gasteiger partial charge in [0.2, 0.25) is 0 Å². The average molecular weight is 296 g/mol. The van der Waals surface area contributed by atoms with Crippen LogP contribution >= 0.6 is 0 Å². The van der Waals surface area contributed by atoms with E-state index >= 15 is 0 Å². The minimum Gasteiger partial charge on any atom is -0.361 e. The van der Waals surface area contributed by atoms with Crippen molar-refractivity contribution < 1.29 is 0 Å². The summed E-state index contributed by atoms with van der Waals surface area (Å²) in [5.74, 6) is 0.927. The van der Waals surface area contributed by atoms with Gasteiger partial charge in [0.15, 0.2) is 5.82 Å². The molecule has 1 saturated heterocycles. The molecule has 116 valence electrons. The monoisotopic (exact) mass is 296 g/mol. The lowest BCUT2D eigenvalue weighted by Gasteiger charge is -2.15. The first kappa shape index (κ1) is 15.0. The summed E-state index contributed by atoms with van der Waals surface area (Å²) < 4.78 is 0. The van der Waals surface area contributed by atoms with Crippen LogP contribution in [0.3, 0.4) is 0 Å². The molecule has 0 bridgehead atoms. The van der Waals surface area contributed by atoms with Crippen molar-refractivity contribution in [3.63, 3.8) is 0 Å². The van der Waals surface area contributed by atoms with Crippen LogP contribution in [0.2, 0.25) is 0 Å². The number of likely N-dealkylation sites (tertiary alicyclic amines) is 1. The van der Waals surface area contributed by atoms with Crippen molar-refractivity contribution in [3.05, 3.63) is 36.0 Å². The fourth-order valence-electron chi connectivity index (χ4n) is 2.90. The molecule has 1 fully saturated rings. The molecule has 0 atom stereocenters. The number of anilines is 1. The highest BCUT2D eigenvalue weighted by molar-refractivity contribution is 5.79. The number of hydrogen-bond donors (Lipinski definition) is 0. The third-order valence-electron chi connectivity index (χ3n) is 4.09. The minimum atomic E-state index is 0.927. The number of fused-ring (bicyclic) bond motifs is 1. The summed E-state index contributed by atoms with van der Waals surface area (Å²) in [5.41, 5.74) is 2.85. The van der Waals surface area contributed by atoms with Crippen molar-refractivity contribution in [3.8, 4) is 0 Å². The maximum atomic E-state index is 4.76. The number of benzene rings is 1. The Morgan fingerprint density at radius 1 is 1.09 bits per heavy atom. The lowest BCUT2D eigenvalue weighted by molar-refractivity contribution is 0.346. The zero-order chi connectivity index (χ0) is 15.4. The molecule has 3 rings (SSSR count). The van der Waals surface area contributed by atoms with Crippen molar-refractivity contribution in [2.24, 2.45) is 0 Å². The molecule has 0 amide bonds. The van der Waals surface area contributed by atoms with Crippen molar-refractivity contribution >= 4 is 22.9 Å². The van der Waals surface area contributed by atoms with Crippen molar-refractivity contribution in [1.82, 2.24) is 14.9 Å². The molecule has 2 heterocycles. The fraction of sp³-hybridized carbons (Fsp3) is 0.444. The van der Waals surface area contributed by atoms with E-state index in [1.807, 2.05) is 43.3 Å². The van der Waals surface area contributed by atoms with Gasteiger partial charge in [-0.3, -0.25) is 0 Å². The Balaban J connectivity index is 1.77. The Labute approximate surface area is 132 Å². The van der Waals surface area contributed by atoms with E-state index in [4.69, 9.17) is 9.97 Å². The van der Waals surface area contributed by atoms with E-state index < -0.39 is 0 Å². The molecule has 1 aliphatic heterocycles. The van der Waals surface area contributed by atoms with Crippen LogP contribution in [0, 0.1) is 0 Å². The predicted octanol–water partition coefficient (Wildman–Crippen LogP) is 3.19.